The van der Waals surface area contributed by atoms with Crippen LogP contribution in [0.2, 0.25) is 5.02 Å². The molecule has 0 unspecified atom stereocenters. The van der Waals surface area contributed by atoms with E-state index in [1.807, 2.05) is 0 Å². The number of esters is 1. The molecule has 1 aromatic carbocycles. The van der Waals surface area contributed by atoms with E-state index in [-0.39, 0.29) is 12.2 Å². The summed E-state index contributed by atoms with van der Waals surface area (Å²) < 4.78 is 30.1. The zero-order valence-electron chi connectivity index (χ0n) is 7.39. The van der Waals surface area contributed by atoms with E-state index < -0.39 is 22.6 Å². The minimum absolute atomic E-state index is 0.186. The number of hydrogen-bond donors (Lipinski definition) is 0. The van der Waals surface area contributed by atoms with E-state index in [9.17, 15) is 13.6 Å². The van der Waals surface area contributed by atoms with Crippen LogP contribution in [-0.2, 0) is 4.74 Å². The molecule has 2 nitrogen and oxygen atoms in total. The van der Waals surface area contributed by atoms with Crippen LogP contribution in [0.5, 0.6) is 0 Å². The van der Waals surface area contributed by atoms with Gasteiger partial charge in [-0.1, -0.05) is 17.5 Å². The summed E-state index contributed by atoms with van der Waals surface area (Å²) in [5.74, 6) is -1.20. The van der Waals surface area contributed by atoms with Gasteiger partial charge in [0.25, 0.3) is 0 Å². The van der Waals surface area contributed by atoms with Crippen molar-refractivity contribution in [2.75, 3.05) is 6.61 Å². The summed E-state index contributed by atoms with van der Waals surface area (Å²) in [5.41, 5.74) is -0.186. The Labute approximate surface area is 89.8 Å². The van der Waals surface area contributed by atoms with Gasteiger partial charge in [0.2, 0.25) is 0 Å². The monoisotopic (exact) mass is 230 g/mol. The fourth-order valence-electron chi connectivity index (χ4n) is 0.864. The van der Waals surface area contributed by atoms with Crippen molar-refractivity contribution >= 4 is 17.6 Å². The second-order valence-electron chi connectivity index (χ2n) is 2.53. The third-order valence-electron chi connectivity index (χ3n) is 1.51. The summed E-state index contributed by atoms with van der Waals surface area (Å²) in [6, 6.07) is 1.67. The van der Waals surface area contributed by atoms with E-state index in [0.717, 1.165) is 6.07 Å². The smallest absolute Gasteiger partial charge is 0.339 e. The first-order valence-electron chi connectivity index (χ1n) is 3.81. The van der Waals surface area contributed by atoms with Crippen LogP contribution in [0.15, 0.2) is 12.1 Å². The van der Waals surface area contributed by atoms with Crippen molar-refractivity contribution in [3.63, 3.8) is 0 Å². The highest BCUT2D eigenvalue weighted by Crippen LogP contribution is 2.20. The number of ether oxygens (including phenoxy) is 1. The molecular formula is C10H5ClF2O2. The lowest BCUT2D eigenvalue weighted by Crippen LogP contribution is -2.06. The van der Waals surface area contributed by atoms with E-state index in [1.54, 1.807) is 0 Å². The molecule has 0 fully saturated rings. The zero-order chi connectivity index (χ0) is 11.4. The average molecular weight is 231 g/mol. The number of rotatable bonds is 2. The normalized spacial score (nSPS) is 9.47. The Hall–Kier alpha value is -1.60. The maximum Gasteiger partial charge on any atom is 0.339 e. The molecule has 5 heteroatoms. The van der Waals surface area contributed by atoms with Gasteiger partial charge in [0.05, 0.1) is 10.6 Å². The van der Waals surface area contributed by atoms with Crippen LogP contribution in [0.3, 0.4) is 0 Å². The summed E-state index contributed by atoms with van der Waals surface area (Å²) in [4.78, 5) is 11.2. The Morgan fingerprint density at radius 3 is 2.73 bits per heavy atom. The number of hydrogen-bond acceptors (Lipinski definition) is 2. The number of terminal acetylenes is 1. The predicted octanol–water partition coefficient (Wildman–Crippen LogP) is 2.41. The van der Waals surface area contributed by atoms with Crippen LogP contribution in [-0.4, -0.2) is 12.6 Å². The minimum atomic E-state index is -1.21. The molecule has 0 atom stereocenters. The summed E-state index contributed by atoms with van der Waals surface area (Å²) in [6.45, 7) is -0.241. The largest absolute Gasteiger partial charge is 0.449 e. The van der Waals surface area contributed by atoms with Gasteiger partial charge in [-0.3, -0.25) is 0 Å². The molecule has 0 N–H and O–H groups in total. The van der Waals surface area contributed by atoms with Crippen molar-refractivity contribution in [2.24, 2.45) is 0 Å². The molecule has 0 saturated heterocycles. The first-order chi connectivity index (χ1) is 7.06. The molecule has 0 aromatic heterocycles. The maximum atomic E-state index is 12.8. The molecule has 0 spiro atoms. The van der Waals surface area contributed by atoms with Gasteiger partial charge in [-0.15, -0.1) is 6.42 Å². The summed E-state index contributed by atoms with van der Waals surface area (Å²) >= 11 is 5.33. The van der Waals surface area contributed by atoms with Crippen LogP contribution in [0, 0.1) is 24.0 Å². The quantitative estimate of drug-likeness (QED) is 0.443. The van der Waals surface area contributed by atoms with Crippen LogP contribution in [0.25, 0.3) is 0 Å². The Bertz CT molecular complexity index is 415. The topological polar surface area (TPSA) is 26.3 Å². The molecule has 0 aliphatic rings. The molecule has 0 aliphatic heterocycles. The number of benzene rings is 1. The lowest BCUT2D eigenvalue weighted by molar-refractivity contribution is 0.0556. The highest BCUT2D eigenvalue weighted by atomic mass is 35.5. The molecule has 0 bridgehead atoms. The lowest BCUT2D eigenvalue weighted by Gasteiger charge is -2.02. The van der Waals surface area contributed by atoms with Gasteiger partial charge in [-0.2, -0.15) is 0 Å². The highest BCUT2D eigenvalue weighted by Gasteiger charge is 2.14. The first-order valence-corrected chi connectivity index (χ1v) is 4.19. The molecule has 0 saturated carbocycles. The van der Waals surface area contributed by atoms with Gasteiger partial charge in [-0.05, 0) is 12.1 Å². The van der Waals surface area contributed by atoms with Gasteiger partial charge in [0.1, 0.15) is 0 Å². The number of carbonyl (C=O) groups is 1. The van der Waals surface area contributed by atoms with Crippen molar-refractivity contribution < 1.29 is 18.3 Å². The van der Waals surface area contributed by atoms with Crippen molar-refractivity contribution in [1.29, 1.82) is 0 Å². The third-order valence-corrected chi connectivity index (χ3v) is 1.78. The highest BCUT2D eigenvalue weighted by molar-refractivity contribution is 6.31. The fourth-order valence-corrected chi connectivity index (χ4v) is 1.07. The van der Waals surface area contributed by atoms with Gasteiger partial charge < -0.3 is 4.74 Å². The van der Waals surface area contributed by atoms with E-state index in [1.165, 1.54) is 0 Å². The molecule has 0 radical (unpaired) electrons. The number of carbonyl (C=O) groups excluding carboxylic acids is 1. The van der Waals surface area contributed by atoms with Crippen molar-refractivity contribution in [3.05, 3.63) is 34.4 Å². The predicted molar refractivity (Wildman–Crippen MR) is 50.5 cm³/mol. The molecule has 1 aromatic rings. The molecule has 0 amide bonds. The molecule has 1 rings (SSSR count). The van der Waals surface area contributed by atoms with Crippen LogP contribution in [0.4, 0.5) is 8.78 Å². The van der Waals surface area contributed by atoms with Crippen LogP contribution in [0.1, 0.15) is 10.4 Å². The van der Waals surface area contributed by atoms with E-state index >= 15 is 0 Å². The summed E-state index contributed by atoms with van der Waals surface area (Å²) in [5, 5.41) is -0.484. The Morgan fingerprint density at radius 1 is 1.53 bits per heavy atom. The zero-order valence-corrected chi connectivity index (χ0v) is 8.15. The van der Waals surface area contributed by atoms with Crippen molar-refractivity contribution in [3.8, 4) is 12.3 Å². The summed E-state index contributed by atoms with van der Waals surface area (Å²) in [7, 11) is 0. The molecule has 0 heterocycles. The minimum Gasteiger partial charge on any atom is -0.449 e. The van der Waals surface area contributed by atoms with E-state index in [4.69, 9.17) is 18.0 Å². The van der Waals surface area contributed by atoms with E-state index in [2.05, 4.69) is 10.7 Å². The van der Waals surface area contributed by atoms with Crippen molar-refractivity contribution in [2.45, 2.75) is 0 Å². The molecule has 0 aliphatic carbocycles. The lowest BCUT2D eigenvalue weighted by atomic mass is 10.2. The Balaban J connectivity index is 2.97. The van der Waals surface area contributed by atoms with Gasteiger partial charge in [0.15, 0.2) is 18.2 Å². The molecule has 78 valence electrons. The third kappa shape index (κ3) is 2.67. The summed E-state index contributed by atoms with van der Waals surface area (Å²) in [6.07, 6.45) is 4.85. The van der Waals surface area contributed by atoms with Gasteiger partial charge in [-0.25, -0.2) is 13.6 Å². The van der Waals surface area contributed by atoms with Crippen LogP contribution < -0.4 is 0 Å². The second kappa shape index (κ2) is 4.76. The number of halogens is 3. The SMILES string of the molecule is C#CCOC(=O)c1cc(F)c(F)c(Cl)c1. The second-order valence-corrected chi connectivity index (χ2v) is 2.94. The van der Waals surface area contributed by atoms with E-state index in [0.29, 0.717) is 6.07 Å². The molecular weight excluding hydrogens is 226 g/mol. The van der Waals surface area contributed by atoms with Gasteiger partial charge >= 0.3 is 5.97 Å². The molecule has 15 heavy (non-hydrogen) atoms. The standard InChI is InChI=1S/C10H5ClF2O2/c1-2-3-15-10(14)6-4-7(11)9(13)8(12)5-6/h1,4-5H,3H2. The Morgan fingerprint density at radius 2 is 2.20 bits per heavy atom. The van der Waals surface area contributed by atoms with Crippen LogP contribution >= 0.6 is 11.6 Å². The maximum absolute atomic E-state index is 12.8. The first kappa shape index (κ1) is 11.5. The average Bonchev–Trinajstić information content (AvgIpc) is 2.21. The van der Waals surface area contributed by atoms with Crippen molar-refractivity contribution in [1.82, 2.24) is 0 Å². The Kier molecular flexibility index (Phi) is 3.64. The fraction of sp³-hybridized carbons (Fsp3) is 0.100. The van der Waals surface area contributed by atoms with Gasteiger partial charge in [0, 0.05) is 0 Å².